The van der Waals surface area contributed by atoms with Crippen LogP contribution in [0.2, 0.25) is 0 Å². The Morgan fingerprint density at radius 1 is 1.04 bits per heavy atom. The van der Waals surface area contributed by atoms with E-state index in [0.29, 0.717) is 5.56 Å². The molecular formula is C19H17BrF3NO3. The number of benzene rings is 2. The van der Waals surface area contributed by atoms with Gasteiger partial charge in [-0.3, -0.25) is 4.79 Å². The smallest absolute Gasteiger partial charge is 0.416 e. The lowest BCUT2D eigenvalue weighted by atomic mass is 9.89. The van der Waals surface area contributed by atoms with Crippen molar-refractivity contribution in [3.05, 3.63) is 69.7 Å². The van der Waals surface area contributed by atoms with Crippen LogP contribution in [0, 0.1) is 0 Å². The summed E-state index contributed by atoms with van der Waals surface area (Å²) in [4.78, 5) is 26.5. The predicted octanol–water partition coefficient (Wildman–Crippen LogP) is 4.63. The average Bonchev–Trinajstić information content (AvgIpc) is 2.65. The van der Waals surface area contributed by atoms with E-state index in [-0.39, 0.29) is 5.56 Å². The highest BCUT2D eigenvalue weighted by molar-refractivity contribution is 9.10. The van der Waals surface area contributed by atoms with E-state index >= 15 is 0 Å². The molecule has 2 aromatic rings. The molecule has 0 heterocycles. The average molecular weight is 444 g/mol. The number of ether oxygens (including phenoxy) is 1. The number of carbonyl (C=O) groups excluding carboxylic acids is 2. The van der Waals surface area contributed by atoms with Gasteiger partial charge in [0.2, 0.25) is 0 Å². The van der Waals surface area contributed by atoms with Crippen molar-refractivity contribution in [3.63, 3.8) is 0 Å². The van der Waals surface area contributed by atoms with Crippen molar-refractivity contribution in [1.29, 1.82) is 0 Å². The summed E-state index contributed by atoms with van der Waals surface area (Å²) in [6.07, 6.45) is -4.58. The van der Waals surface area contributed by atoms with Gasteiger partial charge in [-0.15, -0.1) is 0 Å². The molecule has 2 rings (SSSR count). The first-order valence-corrected chi connectivity index (χ1v) is 8.61. The Morgan fingerprint density at radius 2 is 1.63 bits per heavy atom. The lowest BCUT2D eigenvalue weighted by Gasteiger charge is -2.36. The first-order chi connectivity index (χ1) is 12.5. The zero-order valence-electron chi connectivity index (χ0n) is 14.8. The van der Waals surface area contributed by atoms with E-state index in [9.17, 15) is 22.8 Å². The van der Waals surface area contributed by atoms with Crippen LogP contribution in [-0.4, -0.2) is 30.9 Å². The van der Waals surface area contributed by atoms with Crippen molar-refractivity contribution in [1.82, 2.24) is 4.90 Å². The number of alkyl halides is 3. The molecule has 144 valence electrons. The summed E-state index contributed by atoms with van der Waals surface area (Å²) >= 11 is 3.29. The van der Waals surface area contributed by atoms with Gasteiger partial charge in [-0.25, -0.2) is 4.79 Å². The Balaban J connectivity index is 2.50. The molecule has 4 nitrogen and oxygen atoms in total. The monoisotopic (exact) mass is 443 g/mol. The number of carbonyl (C=O) groups is 2. The SMILES string of the molecule is COC(=O)[C@@](C)(c1ccc(Br)cc1)N(C)C(=O)c1cccc(C(F)(F)F)c1. The van der Waals surface area contributed by atoms with Gasteiger partial charge in [0.1, 0.15) is 0 Å². The molecule has 0 fully saturated rings. The molecule has 0 aromatic heterocycles. The number of nitrogens with zero attached hydrogens (tertiary/aromatic N) is 1. The number of hydrogen-bond acceptors (Lipinski definition) is 3. The van der Waals surface area contributed by atoms with Crippen LogP contribution in [0.25, 0.3) is 0 Å². The third kappa shape index (κ3) is 4.16. The van der Waals surface area contributed by atoms with E-state index in [1.807, 2.05) is 0 Å². The Kier molecular flexibility index (Phi) is 5.99. The number of hydrogen-bond donors (Lipinski definition) is 0. The zero-order chi connectivity index (χ0) is 20.4. The molecule has 0 radical (unpaired) electrons. The molecule has 0 aliphatic rings. The van der Waals surface area contributed by atoms with Gasteiger partial charge in [-0.1, -0.05) is 34.1 Å². The summed E-state index contributed by atoms with van der Waals surface area (Å²) in [5, 5.41) is 0. The summed E-state index contributed by atoms with van der Waals surface area (Å²) in [6.45, 7) is 1.48. The van der Waals surface area contributed by atoms with Gasteiger partial charge in [-0.2, -0.15) is 13.2 Å². The largest absolute Gasteiger partial charge is 0.467 e. The van der Waals surface area contributed by atoms with Crippen LogP contribution in [0.1, 0.15) is 28.4 Å². The van der Waals surface area contributed by atoms with Crippen LogP contribution in [-0.2, 0) is 21.2 Å². The maximum absolute atomic E-state index is 12.9. The number of likely N-dealkylation sites (N-methyl/N-ethyl adjacent to an activating group) is 1. The molecule has 0 bridgehead atoms. The maximum atomic E-state index is 12.9. The molecule has 0 aliphatic heterocycles. The summed E-state index contributed by atoms with van der Waals surface area (Å²) in [5.41, 5.74) is -2.19. The topological polar surface area (TPSA) is 46.6 Å². The van der Waals surface area contributed by atoms with Gasteiger partial charge in [0.25, 0.3) is 5.91 Å². The Hall–Kier alpha value is -2.35. The minimum atomic E-state index is -4.58. The second kappa shape index (κ2) is 7.72. The molecule has 1 amide bonds. The highest BCUT2D eigenvalue weighted by Gasteiger charge is 2.43. The van der Waals surface area contributed by atoms with Crippen molar-refractivity contribution < 1.29 is 27.5 Å². The van der Waals surface area contributed by atoms with E-state index in [0.717, 1.165) is 27.6 Å². The van der Waals surface area contributed by atoms with Gasteiger partial charge < -0.3 is 9.64 Å². The molecule has 0 saturated heterocycles. The first kappa shape index (κ1) is 21.0. The van der Waals surface area contributed by atoms with Gasteiger partial charge in [-0.05, 0) is 42.8 Å². The summed E-state index contributed by atoms with van der Waals surface area (Å²) in [5.74, 6) is -1.45. The standard InChI is InChI=1S/C19H17BrF3NO3/c1-18(17(26)27-3,13-7-9-15(20)10-8-13)24(2)16(25)12-5-4-6-14(11-12)19(21,22)23/h4-11H,1-3H3/t18-/m1/s1. The van der Waals surface area contributed by atoms with Crippen LogP contribution in [0.15, 0.2) is 53.0 Å². The molecule has 0 unspecified atom stereocenters. The first-order valence-electron chi connectivity index (χ1n) is 7.81. The van der Waals surface area contributed by atoms with Crippen LogP contribution in [0.3, 0.4) is 0 Å². The number of esters is 1. The minimum absolute atomic E-state index is 0.181. The Bertz CT molecular complexity index is 852. The quantitative estimate of drug-likeness (QED) is 0.647. The highest BCUT2D eigenvalue weighted by Crippen LogP contribution is 2.33. The Labute approximate surface area is 163 Å². The number of rotatable bonds is 4. The van der Waals surface area contributed by atoms with E-state index in [2.05, 4.69) is 15.9 Å². The second-order valence-corrected chi connectivity index (χ2v) is 6.93. The molecule has 27 heavy (non-hydrogen) atoms. The Morgan fingerprint density at radius 3 is 2.15 bits per heavy atom. The molecule has 8 heteroatoms. The second-order valence-electron chi connectivity index (χ2n) is 6.01. The molecule has 2 aromatic carbocycles. The molecule has 0 spiro atoms. The molecule has 0 aliphatic carbocycles. The lowest BCUT2D eigenvalue weighted by Crippen LogP contribution is -2.51. The van der Waals surface area contributed by atoms with Crippen molar-refractivity contribution in [2.45, 2.75) is 18.6 Å². The minimum Gasteiger partial charge on any atom is -0.467 e. The van der Waals surface area contributed by atoms with Crippen LogP contribution in [0.5, 0.6) is 0 Å². The van der Waals surface area contributed by atoms with Gasteiger partial charge in [0, 0.05) is 17.1 Å². The maximum Gasteiger partial charge on any atom is 0.416 e. The fourth-order valence-corrected chi connectivity index (χ4v) is 2.91. The van der Waals surface area contributed by atoms with Crippen molar-refractivity contribution >= 4 is 27.8 Å². The fraction of sp³-hybridized carbons (Fsp3) is 0.263. The molecular weight excluding hydrogens is 427 g/mol. The summed E-state index contributed by atoms with van der Waals surface area (Å²) in [7, 11) is 2.53. The molecule has 0 N–H and O–H groups in total. The third-order valence-corrected chi connectivity index (χ3v) is 4.93. The number of amides is 1. The van der Waals surface area contributed by atoms with Crippen LogP contribution >= 0.6 is 15.9 Å². The fourth-order valence-electron chi connectivity index (χ4n) is 2.65. The van der Waals surface area contributed by atoms with Crippen LogP contribution in [0.4, 0.5) is 13.2 Å². The van der Waals surface area contributed by atoms with Gasteiger partial charge in [0.05, 0.1) is 12.7 Å². The highest BCUT2D eigenvalue weighted by atomic mass is 79.9. The normalized spacial score (nSPS) is 13.6. The van der Waals surface area contributed by atoms with E-state index in [1.54, 1.807) is 24.3 Å². The van der Waals surface area contributed by atoms with Crippen LogP contribution < -0.4 is 0 Å². The number of methoxy groups -OCH3 is 1. The van der Waals surface area contributed by atoms with Gasteiger partial charge >= 0.3 is 12.1 Å². The summed E-state index contributed by atoms with van der Waals surface area (Å²) < 4.78 is 44.5. The predicted molar refractivity (Wildman–Crippen MR) is 97.0 cm³/mol. The van der Waals surface area contributed by atoms with Gasteiger partial charge in [0.15, 0.2) is 5.54 Å². The van der Waals surface area contributed by atoms with Crippen molar-refractivity contribution in [2.24, 2.45) is 0 Å². The zero-order valence-corrected chi connectivity index (χ0v) is 16.4. The molecule has 1 atom stereocenters. The molecule has 0 saturated carbocycles. The number of halogens is 4. The van der Waals surface area contributed by atoms with Crippen molar-refractivity contribution in [2.75, 3.05) is 14.2 Å². The van der Waals surface area contributed by atoms with E-state index in [1.165, 1.54) is 27.1 Å². The third-order valence-electron chi connectivity index (χ3n) is 4.40. The van der Waals surface area contributed by atoms with Crippen molar-refractivity contribution in [3.8, 4) is 0 Å². The van der Waals surface area contributed by atoms with E-state index < -0.39 is 29.2 Å². The lowest BCUT2D eigenvalue weighted by molar-refractivity contribution is -0.152. The van der Waals surface area contributed by atoms with E-state index in [4.69, 9.17) is 4.74 Å². The summed E-state index contributed by atoms with van der Waals surface area (Å²) in [6, 6.07) is 10.7.